The molecule has 0 amide bonds. The minimum absolute atomic E-state index is 0.00988. The van der Waals surface area contributed by atoms with Gasteiger partial charge in [-0.05, 0) is 54.4 Å². The fourth-order valence-electron chi connectivity index (χ4n) is 5.24. The van der Waals surface area contributed by atoms with Crippen molar-refractivity contribution >= 4 is 16.9 Å². The highest BCUT2D eigenvalue weighted by Gasteiger charge is 2.24. The quantitative estimate of drug-likeness (QED) is 0.389. The molecule has 2 aliphatic rings. The van der Waals surface area contributed by atoms with Crippen LogP contribution in [0.1, 0.15) is 12.0 Å². The summed E-state index contributed by atoms with van der Waals surface area (Å²) < 4.78 is 11.6. The van der Waals surface area contributed by atoms with E-state index in [0.29, 0.717) is 23.5 Å². The number of H-pyrrole nitrogens is 1. The number of imidazole rings is 1. The van der Waals surface area contributed by atoms with E-state index in [9.17, 15) is 10.4 Å². The Kier molecular flexibility index (Phi) is 6.92. The second-order valence-corrected chi connectivity index (χ2v) is 9.66. The van der Waals surface area contributed by atoms with E-state index in [0.717, 1.165) is 73.8 Å². The van der Waals surface area contributed by atoms with E-state index in [4.69, 9.17) is 14.5 Å². The van der Waals surface area contributed by atoms with Gasteiger partial charge in [-0.15, -0.1) is 0 Å². The van der Waals surface area contributed by atoms with E-state index < -0.39 is 0 Å². The lowest BCUT2D eigenvalue weighted by atomic mass is 10.0. The number of hydrogen-bond donors (Lipinski definition) is 2. The molecular weight excluding hydrogens is 480 g/mol. The fourth-order valence-corrected chi connectivity index (χ4v) is 5.24. The Hall–Kier alpha value is -3.97. The number of ether oxygens (including phenoxy) is 2. The standard InChI is InChI=1S/C29H30N6O3/c30-18-22-17-21(3-6-26(22)38-24-8-10-34(19-24)11-14-36)25-7-9-31-29-27(25)32-28(33-29)20-1-4-23(5-2-20)35-12-15-37-16-13-35/h1-7,9,17,24,36H,8,10-16,19H2,(H,31,32,33)/t24-/m1/s1. The van der Waals surface area contributed by atoms with Gasteiger partial charge < -0.3 is 24.5 Å². The molecule has 2 aromatic heterocycles. The Morgan fingerprint density at radius 2 is 1.89 bits per heavy atom. The van der Waals surface area contributed by atoms with E-state index in [1.165, 1.54) is 5.69 Å². The number of aliphatic hydroxyl groups excluding tert-OH is 1. The van der Waals surface area contributed by atoms with E-state index >= 15 is 0 Å². The molecule has 0 saturated carbocycles. The second kappa shape index (κ2) is 10.8. The Labute approximate surface area is 221 Å². The summed E-state index contributed by atoms with van der Waals surface area (Å²) in [4.78, 5) is 17.2. The summed E-state index contributed by atoms with van der Waals surface area (Å²) in [5.41, 5.74) is 5.89. The van der Waals surface area contributed by atoms with Crippen LogP contribution in [0.4, 0.5) is 5.69 Å². The van der Waals surface area contributed by atoms with Crippen LogP contribution in [0.3, 0.4) is 0 Å². The van der Waals surface area contributed by atoms with Crippen LogP contribution < -0.4 is 9.64 Å². The van der Waals surface area contributed by atoms with Crippen molar-refractivity contribution in [2.24, 2.45) is 0 Å². The Morgan fingerprint density at radius 3 is 2.68 bits per heavy atom. The van der Waals surface area contributed by atoms with Crippen molar-refractivity contribution in [2.75, 3.05) is 57.4 Å². The second-order valence-electron chi connectivity index (χ2n) is 9.66. The molecule has 0 aliphatic carbocycles. The van der Waals surface area contributed by atoms with Crippen LogP contribution >= 0.6 is 0 Å². The summed E-state index contributed by atoms with van der Waals surface area (Å²) in [6.07, 6.45) is 2.64. The van der Waals surface area contributed by atoms with Crippen LogP contribution in [0, 0.1) is 11.3 Å². The third-order valence-electron chi connectivity index (χ3n) is 7.25. The number of benzene rings is 2. The molecule has 0 bridgehead atoms. The summed E-state index contributed by atoms with van der Waals surface area (Å²) in [6, 6.07) is 18.3. The van der Waals surface area contributed by atoms with Gasteiger partial charge in [-0.3, -0.25) is 4.90 Å². The van der Waals surface area contributed by atoms with Crippen molar-refractivity contribution in [1.29, 1.82) is 5.26 Å². The average Bonchev–Trinajstić information content (AvgIpc) is 3.61. The lowest BCUT2D eigenvalue weighted by Crippen LogP contribution is -2.36. The lowest BCUT2D eigenvalue weighted by molar-refractivity contribution is 0.122. The van der Waals surface area contributed by atoms with Gasteiger partial charge in [0, 0.05) is 55.7 Å². The highest BCUT2D eigenvalue weighted by atomic mass is 16.5. The molecule has 0 radical (unpaired) electrons. The van der Waals surface area contributed by atoms with Gasteiger partial charge in [-0.1, -0.05) is 6.07 Å². The van der Waals surface area contributed by atoms with Gasteiger partial charge in [0.1, 0.15) is 29.3 Å². The minimum atomic E-state index is 0.00988. The van der Waals surface area contributed by atoms with Crippen LogP contribution in [-0.2, 0) is 4.74 Å². The van der Waals surface area contributed by atoms with Gasteiger partial charge in [0.15, 0.2) is 5.65 Å². The van der Waals surface area contributed by atoms with E-state index in [-0.39, 0.29) is 12.7 Å². The first-order valence-corrected chi connectivity index (χ1v) is 13.0. The van der Waals surface area contributed by atoms with Crippen LogP contribution in [-0.4, -0.2) is 83.6 Å². The van der Waals surface area contributed by atoms with Gasteiger partial charge in [-0.25, -0.2) is 9.97 Å². The SMILES string of the molecule is N#Cc1cc(-c2ccnc3[nH]c(-c4ccc(N5CCOCC5)cc4)nc23)ccc1O[C@@H]1CCN(CCO)C1. The molecule has 2 N–H and O–H groups in total. The van der Waals surface area contributed by atoms with Crippen molar-refractivity contribution in [3.05, 3.63) is 60.3 Å². The van der Waals surface area contributed by atoms with Gasteiger partial charge in [0.25, 0.3) is 0 Å². The number of β-amino-alcohol motifs (C(OH)–C–C–N with tert-alkyl or cyclic N) is 1. The van der Waals surface area contributed by atoms with Crippen molar-refractivity contribution in [2.45, 2.75) is 12.5 Å². The molecule has 9 nitrogen and oxygen atoms in total. The van der Waals surface area contributed by atoms with Gasteiger partial charge in [-0.2, -0.15) is 5.26 Å². The molecule has 0 spiro atoms. The number of anilines is 1. The Morgan fingerprint density at radius 1 is 1.08 bits per heavy atom. The van der Waals surface area contributed by atoms with Crippen LogP contribution in [0.25, 0.3) is 33.7 Å². The molecule has 1 atom stereocenters. The van der Waals surface area contributed by atoms with E-state index in [2.05, 4.69) is 50.1 Å². The molecule has 0 unspecified atom stereocenters. The Bertz CT molecular complexity index is 1460. The molecule has 4 aromatic rings. The number of morpholine rings is 1. The van der Waals surface area contributed by atoms with Crippen LogP contribution in [0.2, 0.25) is 0 Å². The van der Waals surface area contributed by atoms with Gasteiger partial charge in [0.2, 0.25) is 0 Å². The molecular formula is C29H30N6O3. The molecule has 38 heavy (non-hydrogen) atoms. The Balaban J connectivity index is 1.25. The van der Waals surface area contributed by atoms with Crippen LogP contribution in [0.15, 0.2) is 54.7 Å². The topological polar surface area (TPSA) is 111 Å². The number of aromatic nitrogens is 3. The molecule has 2 aliphatic heterocycles. The molecule has 2 fully saturated rings. The van der Waals surface area contributed by atoms with E-state index in [1.54, 1.807) is 6.20 Å². The first-order chi connectivity index (χ1) is 18.7. The van der Waals surface area contributed by atoms with Crippen molar-refractivity contribution in [3.8, 4) is 34.3 Å². The third-order valence-corrected chi connectivity index (χ3v) is 7.25. The molecule has 9 heteroatoms. The molecule has 194 valence electrons. The zero-order chi connectivity index (χ0) is 25.9. The smallest absolute Gasteiger partial charge is 0.158 e. The van der Waals surface area contributed by atoms with Crippen LogP contribution in [0.5, 0.6) is 5.75 Å². The predicted octanol–water partition coefficient (Wildman–Crippen LogP) is 3.45. The molecule has 2 aromatic carbocycles. The summed E-state index contributed by atoms with van der Waals surface area (Å²) in [6.45, 7) is 5.72. The maximum absolute atomic E-state index is 9.86. The van der Waals surface area contributed by atoms with Crippen molar-refractivity contribution in [3.63, 3.8) is 0 Å². The number of aliphatic hydroxyl groups is 1. The van der Waals surface area contributed by atoms with Gasteiger partial charge in [0.05, 0.1) is 25.4 Å². The molecule has 6 rings (SSSR count). The largest absolute Gasteiger partial charge is 0.488 e. The molecule has 4 heterocycles. The predicted molar refractivity (Wildman–Crippen MR) is 145 cm³/mol. The number of hydrogen-bond acceptors (Lipinski definition) is 8. The number of nitriles is 1. The average molecular weight is 511 g/mol. The highest BCUT2D eigenvalue weighted by molar-refractivity contribution is 5.91. The van der Waals surface area contributed by atoms with E-state index in [1.807, 2.05) is 24.3 Å². The number of aromatic amines is 1. The van der Waals surface area contributed by atoms with Crippen molar-refractivity contribution in [1.82, 2.24) is 19.9 Å². The number of likely N-dealkylation sites (tertiary alicyclic amines) is 1. The number of nitrogens with zero attached hydrogens (tertiary/aromatic N) is 5. The van der Waals surface area contributed by atoms with Crippen molar-refractivity contribution < 1.29 is 14.6 Å². The first kappa shape index (κ1) is 24.4. The summed E-state index contributed by atoms with van der Waals surface area (Å²) >= 11 is 0. The first-order valence-electron chi connectivity index (χ1n) is 13.0. The fraction of sp³-hybridized carbons (Fsp3) is 0.345. The minimum Gasteiger partial charge on any atom is -0.488 e. The number of pyridine rings is 1. The zero-order valence-electron chi connectivity index (χ0n) is 21.1. The summed E-state index contributed by atoms with van der Waals surface area (Å²) in [5, 5.41) is 19.0. The third kappa shape index (κ3) is 4.94. The summed E-state index contributed by atoms with van der Waals surface area (Å²) in [7, 11) is 0. The molecule has 2 saturated heterocycles. The number of fused-ring (bicyclic) bond motifs is 1. The maximum atomic E-state index is 9.86. The normalized spacial score (nSPS) is 18.1. The number of nitrogens with one attached hydrogen (secondary N) is 1. The lowest BCUT2D eigenvalue weighted by Gasteiger charge is -2.28. The zero-order valence-corrected chi connectivity index (χ0v) is 21.1. The number of rotatable bonds is 7. The highest BCUT2D eigenvalue weighted by Crippen LogP contribution is 2.33. The summed E-state index contributed by atoms with van der Waals surface area (Å²) in [5.74, 6) is 1.34. The van der Waals surface area contributed by atoms with Gasteiger partial charge >= 0.3 is 0 Å². The maximum Gasteiger partial charge on any atom is 0.158 e. The monoisotopic (exact) mass is 510 g/mol.